The van der Waals surface area contributed by atoms with Crippen LogP contribution in [-0.4, -0.2) is 6.54 Å². The lowest BCUT2D eigenvalue weighted by molar-refractivity contribution is 0.557. The third-order valence-electron chi connectivity index (χ3n) is 2.82. The van der Waals surface area contributed by atoms with E-state index in [1.54, 1.807) is 13.0 Å². The van der Waals surface area contributed by atoms with Crippen LogP contribution in [-0.2, 0) is 0 Å². The molecule has 0 saturated heterocycles. The van der Waals surface area contributed by atoms with E-state index in [0.29, 0.717) is 11.1 Å². The van der Waals surface area contributed by atoms with Gasteiger partial charge in [-0.05, 0) is 31.2 Å². The van der Waals surface area contributed by atoms with Gasteiger partial charge in [0.25, 0.3) is 0 Å². The summed E-state index contributed by atoms with van der Waals surface area (Å²) >= 11 is 7.44. The lowest BCUT2D eigenvalue weighted by atomic mass is 10.0. The smallest absolute Gasteiger partial charge is 0.131 e. The third-order valence-corrected chi connectivity index (χ3v) is 4.12. The number of thiophene rings is 1. The molecule has 0 radical (unpaired) electrons. The van der Waals surface area contributed by atoms with Crippen molar-refractivity contribution in [2.24, 2.45) is 0 Å². The topological polar surface area (TPSA) is 12.0 Å². The van der Waals surface area contributed by atoms with Gasteiger partial charge < -0.3 is 5.32 Å². The van der Waals surface area contributed by atoms with E-state index in [1.807, 2.05) is 31.2 Å². The van der Waals surface area contributed by atoms with Gasteiger partial charge in [0.1, 0.15) is 5.82 Å². The van der Waals surface area contributed by atoms with Gasteiger partial charge in [0.2, 0.25) is 0 Å². The molecule has 1 nitrogen and oxygen atoms in total. The van der Waals surface area contributed by atoms with E-state index in [4.69, 9.17) is 11.6 Å². The Bertz CT molecular complexity index is 538. The molecule has 2 rings (SSSR count). The van der Waals surface area contributed by atoms with Crippen LogP contribution in [0.25, 0.3) is 0 Å². The molecule has 1 heterocycles. The van der Waals surface area contributed by atoms with Gasteiger partial charge in [-0.15, -0.1) is 11.3 Å². The van der Waals surface area contributed by atoms with E-state index in [2.05, 4.69) is 5.32 Å². The molecule has 0 aliphatic carbocycles. The molecule has 0 bridgehead atoms. The van der Waals surface area contributed by atoms with E-state index in [9.17, 15) is 4.39 Å². The summed E-state index contributed by atoms with van der Waals surface area (Å²) in [6.07, 6.45) is 0. The zero-order valence-electron chi connectivity index (χ0n) is 10.3. The van der Waals surface area contributed by atoms with E-state index < -0.39 is 0 Å². The van der Waals surface area contributed by atoms with E-state index in [-0.39, 0.29) is 11.9 Å². The Morgan fingerprint density at radius 1 is 1.33 bits per heavy atom. The monoisotopic (exact) mass is 283 g/mol. The Morgan fingerprint density at radius 3 is 2.72 bits per heavy atom. The molecule has 1 aromatic carbocycles. The molecule has 18 heavy (non-hydrogen) atoms. The van der Waals surface area contributed by atoms with Crippen LogP contribution in [0.2, 0.25) is 4.34 Å². The van der Waals surface area contributed by atoms with Crippen LogP contribution < -0.4 is 5.32 Å². The number of nitrogens with one attached hydrogen (secondary N) is 1. The Balaban J connectivity index is 2.44. The van der Waals surface area contributed by atoms with Crippen molar-refractivity contribution in [1.82, 2.24) is 5.32 Å². The predicted octanol–water partition coefficient (Wildman–Crippen LogP) is 4.55. The molecule has 0 fully saturated rings. The molecule has 1 unspecified atom stereocenters. The minimum Gasteiger partial charge on any atom is -0.306 e. The quantitative estimate of drug-likeness (QED) is 0.868. The van der Waals surface area contributed by atoms with Crippen LogP contribution in [0.1, 0.15) is 29.0 Å². The number of benzene rings is 1. The van der Waals surface area contributed by atoms with Gasteiger partial charge in [0.15, 0.2) is 0 Å². The Labute approximate surface area is 116 Å². The number of rotatable bonds is 4. The van der Waals surface area contributed by atoms with Gasteiger partial charge in [-0.3, -0.25) is 0 Å². The number of hydrogen-bond donors (Lipinski definition) is 1. The SMILES string of the molecule is CCNC(c1ccc(Cl)s1)c1cccc(C)c1F. The maximum absolute atomic E-state index is 14.2. The highest BCUT2D eigenvalue weighted by atomic mass is 35.5. The number of halogens is 2. The molecule has 96 valence electrons. The van der Waals surface area contributed by atoms with Gasteiger partial charge in [-0.1, -0.05) is 36.7 Å². The summed E-state index contributed by atoms with van der Waals surface area (Å²) in [5.74, 6) is -0.145. The van der Waals surface area contributed by atoms with E-state index in [1.165, 1.54) is 11.3 Å². The van der Waals surface area contributed by atoms with Gasteiger partial charge in [0, 0.05) is 10.4 Å². The second-order valence-electron chi connectivity index (χ2n) is 4.11. The van der Waals surface area contributed by atoms with Crippen molar-refractivity contribution >= 4 is 22.9 Å². The fourth-order valence-corrected chi connectivity index (χ4v) is 3.10. The molecule has 0 aliphatic heterocycles. The van der Waals surface area contributed by atoms with Crippen LogP contribution in [0.15, 0.2) is 30.3 Å². The second kappa shape index (κ2) is 5.83. The summed E-state index contributed by atoms with van der Waals surface area (Å²) in [4.78, 5) is 1.03. The summed E-state index contributed by atoms with van der Waals surface area (Å²) in [6, 6.07) is 9.15. The second-order valence-corrected chi connectivity index (χ2v) is 5.86. The molecule has 0 saturated carbocycles. The maximum Gasteiger partial charge on any atom is 0.131 e. The average Bonchev–Trinajstić information content (AvgIpc) is 2.77. The molecule has 1 N–H and O–H groups in total. The van der Waals surface area contributed by atoms with Crippen LogP contribution in [0, 0.1) is 12.7 Å². The molecule has 1 atom stereocenters. The highest BCUT2D eigenvalue weighted by Gasteiger charge is 2.19. The number of hydrogen-bond acceptors (Lipinski definition) is 2. The Hall–Kier alpha value is -0.900. The van der Waals surface area contributed by atoms with Gasteiger partial charge in [-0.25, -0.2) is 4.39 Å². The molecule has 0 aliphatic rings. The van der Waals surface area contributed by atoms with Crippen molar-refractivity contribution in [3.63, 3.8) is 0 Å². The molecular weight excluding hydrogens is 269 g/mol. The average molecular weight is 284 g/mol. The van der Waals surface area contributed by atoms with Gasteiger partial charge in [-0.2, -0.15) is 0 Å². The first-order chi connectivity index (χ1) is 8.63. The summed E-state index contributed by atoms with van der Waals surface area (Å²) in [5, 5.41) is 3.31. The molecule has 0 amide bonds. The van der Waals surface area contributed by atoms with Crippen molar-refractivity contribution < 1.29 is 4.39 Å². The minimum absolute atomic E-state index is 0.132. The summed E-state index contributed by atoms with van der Waals surface area (Å²) in [7, 11) is 0. The zero-order valence-corrected chi connectivity index (χ0v) is 11.9. The van der Waals surface area contributed by atoms with Crippen LogP contribution in [0.5, 0.6) is 0 Å². The molecule has 1 aromatic heterocycles. The van der Waals surface area contributed by atoms with Crippen molar-refractivity contribution in [3.05, 3.63) is 56.5 Å². The normalized spacial score (nSPS) is 12.7. The van der Waals surface area contributed by atoms with Crippen molar-refractivity contribution in [2.75, 3.05) is 6.54 Å². The van der Waals surface area contributed by atoms with Crippen LogP contribution in [0.3, 0.4) is 0 Å². The molecular formula is C14H15ClFNS. The standard InChI is InChI=1S/C14H15ClFNS/c1-3-17-14(11-7-8-12(15)18-11)10-6-4-5-9(2)13(10)16/h4-8,14,17H,3H2,1-2H3. The first-order valence-corrected chi connectivity index (χ1v) is 7.06. The van der Waals surface area contributed by atoms with Gasteiger partial charge in [0.05, 0.1) is 10.4 Å². The largest absolute Gasteiger partial charge is 0.306 e. The zero-order chi connectivity index (χ0) is 13.1. The summed E-state index contributed by atoms with van der Waals surface area (Å²) in [5.41, 5.74) is 1.34. The third kappa shape index (κ3) is 2.74. The molecule has 2 aromatic rings. The summed E-state index contributed by atoms with van der Waals surface area (Å²) in [6.45, 7) is 4.56. The number of aryl methyl sites for hydroxylation is 1. The lowest BCUT2D eigenvalue weighted by Gasteiger charge is -2.18. The van der Waals surface area contributed by atoms with E-state index in [0.717, 1.165) is 15.8 Å². The first kappa shape index (κ1) is 13.5. The van der Waals surface area contributed by atoms with Gasteiger partial charge >= 0.3 is 0 Å². The van der Waals surface area contributed by atoms with Crippen LogP contribution in [0.4, 0.5) is 4.39 Å². The van der Waals surface area contributed by atoms with Crippen LogP contribution >= 0.6 is 22.9 Å². The highest BCUT2D eigenvalue weighted by Crippen LogP contribution is 2.32. The minimum atomic E-state index is -0.145. The van der Waals surface area contributed by atoms with Crippen molar-refractivity contribution in [2.45, 2.75) is 19.9 Å². The maximum atomic E-state index is 14.2. The highest BCUT2D eigenvalue weighted by molar-refractivity contribution is 7.16. The predicted molar refractivity (Wildman–Crippen MR) is 76.0 cm³/mol. The van der Waals surface area contributed by atoms with E-state index >= 15 is 0 Å². The molecule has 4 heteroatoms. The van der Waals surface area contributed by atoms with Crippen molar-refractivity contribution in [3.8, 4) is 0 Å². The fraction of sp³-hybridized carbons (Fsp3) is 0.286. The lowest BCUT2D eigenvalue weighted by Crippen LogP contribution is -2.22. The molecule has 0 spiro atoms. The van der Waals surface area contributed by atoms with Crippen molar-refractivity contribution in [1.29, 1.82) is 0 Å². The summed E-state index contributed by atoms with van der Waals surface area (Å²) < 4.78 is 14.9. The Morgan fingerprint density at radius 2 is 2.11 bits per heavy atom. The first-order valence-electron chi connectivity index (χ1n) is 5.87. The Kier molecular flexibility index (Phi) is 4.38. The fourth-order valence-electron chi connectivity index (χ4n) is 1.94.